The summed E-state index contributed by atoms with van der Waals surface area (Å²) < 4.78 is 15.0. The van der Waals surface area contributed by atoms with E-state index in [0.29, 0.717) is 13.1 Å². The predicted molar refractivity (Wildman–Crippen MR) is 88.3 cm³/mol. The molecule has 4 nitrogen and oxygen atoms in total. The number of imidazole rings is 1. The molecule has 0 spiro atoms. The number of hydrogen-bond donors (Lipinski definition) is 0. The number of carbonyl (C=O) groups is 1. The van der Waals surface area contributed by atoms with Crippen molar-refractivity contribution in [2.45, 2.75) is 46.8 Å². The Morgan fingerprint density at radius 2 is 1.87 bits per heavy atom. The van der Waals surface area contributed by atoms with E-state index < -0.39 is 0 Å². The van der Waals surface area contributed by atoms with Crippen LogP contribution < -0.4 is 0 Å². The topological polar surface area (TPSA) is 38.1 Å². The molecule has 0 radical (unpaired) electrons. The highest BCUT2D eigenvalue weighted by molar-refractivity contribution is 5.78. The van der Waals surface area contributed by atoms with Crippen LogP contribution in [0.15, 0.2) is 36.7 Å². The molecule has 0 unspecified atom stereocenters. The van der Waals surface area contributed by atoms with Crippen LogP contribution in [0.5, 0.6) is 0 Å². The number of hydrogen-bond acceptors (Lipinski definition) is 2. The lowest BCUT2D eigenvalue weighted by molar-refractivity contribution is -0.137. The molecule has 0 fully saturated rings. The summed E-state index contributed by atoms with van der Waals surface area (Å²) in [6, 6.07) is 6.54. The summed E-state index contributed by atoms with van der Waals surface area (Å²) in [6.07, 6.45) is 3.62. The van der Waals surface area contributed by atoms with Crippen molar-refractivity contribution < 1.29 is 9.18 Å². The van der Waals surface area contributed by atoms with Crippen molar-refractivity contribution >= 4 is 5.91 Å². The molecular weight excluding hydrogens is 293 g/mol. The summed E-state index contributed by atoms with van der Waals surface area (Å²) in [7, 11) is 0. The first-order valence-corrected chi connectivity index (χ1v) is 7.93. The van der Waals surface area contributed by atoms with Crippen molar-refractivity contribution in [3.8, 4) is 0 Å². The van der Waals surface area contributed by atoms with Crippen LogP contribution in [-0.2, 0) is 17.9 Å². The molecule has 2 aromatic rings. The minimum Gasteiger partial charge on any atom is -0.333 e. The van der Waals surface area contributed by atoms with Crippen LogP contribution in [0, 0.1) is 11.7 Å². The lowest BCUT2D eigenvalue weighted by Crippen LogP contribution is -2.39. The lowest BCUT2D eigenvalue weighted by atomic mass is 10.1. The van der Waals surface area contributed by atoms with Gasteiger partial charge in [0.2, 0.25) is 5.91 Å². The standard InChI is InChI=1S/C18H24FN3O/c1-13(2)18(23)22(14(3)4)12-17-20-9-10-21(17)11-15-5-7-16(19)8-6-15/h5-10,13-14H,11-12H2,1-4H3. The first-order chi connectivity index (χ1) is 10.9. The lowest BCUT2D eigenvalue weighted by Gasteiger charge is -2.28. The highest BCUT2D eigenvalue weighted by atomic mass is 19.1. The van der Waals surface area contributed by atoms with Gasteiger partial charge in [0.25, 0.3) is 0 Å². The normalized spacial score (nSPS) is 11.3. The molecule has 1 aromatic carbocycles. The third kappa shape index (κ3) is 4.41. The van der Waals surface area contributed by atoms with Gasteiger partial charge in [0.1, 0.15) is 11.6 Å². The van der Waals surface area contributed by atoms with Gasteiger partial charge in [-0.25, -0.2) is 9.37 Å². The van der Waals surface area contributed by atoms with Gasteiger partial charge in [-0.15, -0.1) is 0 Å². The van der Waals surface area contributed by atoms with Crippen LogP contribution in [0.4, 0.5) is 4.39 Å². The molecule has 0 aliphatic carbocycles. The first-order valence-electron chi connectivity index (χ1n) is 7.93. The number of carbonyl (C=O) groups excluding carboxylic acids is 1. The Kier molecular flexibility index (Phi) is 5.53. The molecule has 0 N–H and O–H groups in total. The van der Waals surface area contributed by atoms with Gasteiger partial charge in [0, 0.05) is 30.9 Å². The van der Waals surface area contributed by atoms with Crippen molar-refractivity contribution in [2.75, 3.05) is 0 Å². The van der Waals surface area contributed by atoms with E-state index >= 15 is 0 Å². The minimum atomic E-state index is -0.242. The largest absolute Gasteiger partial charge is 0.333 e. The predicted octanol–water partition coefficient (Wildman–Crippen LogP) is 3.46. The van der Waals surface area contributed by atoms with Gasteiger partial charge in [0.05, 0.1) is 6.54 Å². The molecule has 5 heteroatoms. The molecule has 0 bridgehead atoms. The summed E-state index contributed by atoms with van der Waals surface area (Å²) in [5.74, 6) is 0.666. The Morgan fingerprint density at radius 3 is 2.43 bits per heavy atom. The Labute approximate surface area is 136 Å². The zero-order valence-electron chi connectivity index (χ0n) is 14.2. The second-order valence-electron chi connectivity index (χ2n) is 6.31. The maximum atomic E-state index is 13.0. The maximum absolute atomic E-state index is 13.0. The van der Waals surface area contributed by atoms with E-state index in [1.54, 1.807) is 18.3 Å². The third-order valence-electron chi connectivity index (χ3n) is 3.78. The van der Waals surface area contributed by atoms with Crippen LogP contribution in [0.2, 0.25) is 0 Å². The molecule has 1 heterocycles. The average Bonchev–Trinajstić information content (AvgIpc) is 2.93. The van der Waals surface area contributed by atoms with Crippen LogP contribution in [0.1, 0.15) is 39.1 Å². The molecule has 0 aliphatic heterocycles. The Hall–Kier alpha value is -2.17. The number of amides is 1. The SMILES string of the molecule is CC(C)C(=O)N(Cc1nccn1Cc1ccc(F)cc1)C(C)C. The monoisotopic (exact) mass is 317 g/mol. The van der Waals surface area contributed by atoms with Crippen LogP contribution in [-0.4, -0.2) is 26.4 Å². The van der Waals surface area contributed by atoms with Gasteiger partial charge in [-0.05, 0) is 31.5 Å². The van der Waals surface area contributed by atoms with E-state index in [2.05, 4.69) is 4.98 Å². The van der Waals surface area contributed by atoms with E-state index in [1.165, 1.54) is 12.1 Å². The number of nitrogens with zero attached hydrogens (tertiary/aromatic N) is 3. The number of halogens is 1. The summed E-state index contributed by atoms with van der Waals surface area (Å²) >= 11 is 0. The van der Waals surface area contributed by atoms with Gasteiger partial charge in [-0.2, -0.15) is 0 Å². The van der Waals surface area contributed by atoms with Gasteiger partial charge >= 0.3 is 0 Å². The van der Waals surface area contributed by atoms with Crippen molar-refractivity contribution in [2.24, 2.45) is 5.92 Å². The number of rotatable bonds is 6. The molecule has 2 rings (SSSR count). The Balaban J connectivity index is 2.16. The molecule has 23 heavy (non-hydrogen) atoms. The van der Waals surface area contributed by atoms with Crippen molar-refractivity contribution in [1.29, 1.82) is 0 Å². The molecule has 0 saturated heterocycles. The Bertz CT molecular complexity index is 647. The summed E-state index contributed by atoms with van der Waals surface area (Å²) in [6.45, 7) is 8.91. The van der Waals surface area contributed by atoms with Crippen molar-refractivity contribution in [3.05, 3.63) is 53.9 Å². The minimum absolute atomic E-state index is 0.0436. The zero-order valence-corrected chi connectivity index (χ0v) is 14.2. The highest BCUT2D eigenvalue weighted by Gasteiger charge is 2.21. The molecule has 0 atom stereocenters. The molecular formula is C18H24FN3O. The highest BCUT2D eigenvalue weighted by Crippen LogP contribution is 2.13. The number of aromatic nitrogens is 2. The number of benzene rings is 1. The average molecular weight is 317 g/mol. The fraction of sp³-hybridized carbons (Fsp3) is 0.444. The second-order valence-corrected chi connectivity index (χ2v) is 6.31. The Morgan fingerprint density at radius 1 is 1.22 bits per heavy atom. The molecule has 124 valence electrons. The van der Waals surface area contributed by atoms with Crippen molar-refractivity contribution in [1.82, 2.24) is 14.5 Å². The summed E-state index contributed by atoms with van der Waals surface area (Å²) in [5.41, 5.74) is 0.997. The van der Waals surface area contributed by atoms with E-state index in [0.717, 1.165) is 11.4 Å². The van der Waals surface area contributed by atoms with E-state index in [-0.39, 0.29) is 23.7 Å². The smallest absolute Gasteiger partial charge is 0.225 e. The quantitative estimate of drug-likeness (QED) is 0.818. The van der Waals surface area contributed by atoms with Crippen LogP contribution in [0.25, 0.3) is 0 Å². The molecule has 1 aromatic heterocycles. The second kappa shape index (κ2) is 7.40. The molecule has 0 aliphatic rings. The summed E-state index contributed by atoms with van der Waals surface area (Å²) in [4.78, 5) is 18.6. The first kappa shape index (κ1) is 17.2. The van der Waals surface area contributed by atoms with Gasteiger partial charge < -0.3 is 9.47 Å². The molecule has 1 amide bonds. The van der Waals surface area contributed by atoms with Gasteiger partial charge in [-0.1, -0.05) is 26.0 Å². The maximum Gasteiger partial charge on any atom is 0.225 e. The van der Waals surface area contributed by atoms with E-state index in [4.69, 9.17) is 0 Å². The summed E-state index contributed by atoms with van der Waals surface area (Å²) in [5, 5.41) is 0. The third-order valence-corrected chi connectivity index (χ3v) is 3.78. The molecule has 0 saturated carbocycles. The fourth-order valence-corrected chi connectivity index (χ4v) is 2.42. The van der Waals surface area contributed by atoms with Gasteiger partial charge in [-0.3, -0.25) is 4.79 Å². The van der Waals surface area contributed by atoms with Gasteiger partial charge in [0.15, 0.2) is 0 Å². The van der Waals surface area contributed by atoms with E-state index in [9.17, 15) is 9.18 Å². The van der Waals surface area contributed by atoms with Crippen LogP contribution in [0.3, 0.4) is 0 Å². The zero-order chi connectivity index (χ0) is 17.0. The van der Waals surface area contributed by atoms with E-state index in [1.807, 2.05) is 43.4 Å². The van der Waals surface area contributed by atoms with Crippen LogP contribution >= 0.6 is 0 Å². The fourth-order valence-electron chi connectivity index (χ4n) is 2.42. The van der Waals surface area contributed by atoms with Crippen molar-refractivity contribution in [3.63, 3.8) is 0 Å².